The lowest BCUT2D eigenvalue weighted by atomic mass is 10.0. The van der Waals surface area contributed by atoms with E-state index < -0.39 is 0 Å². The number of amides is 2. The van der Waals surface area contributed by atoms with E-state index in [0.29, 0.717) is 24.5 Å². The van der Waals surface area contributed by atoms with Crippen LogP contribution >= 0.6 is 0 Å². The third-order valence-electron chi connectivity index (χ3n) is 5.65. The molecule has 2 heterocycles. The molecule has 1 atom stereocenters. The predicted molar refractivity (Wildman–Crippen MR) is 122 cm³/mol. The van der Waals surface area contributed by atoms with Gasteiger partial charge in [-0.05, 0) is 43.9 Å². The highest BCUT2D eigenvalue weighted by atomic mass is 16.5. The van der Waals surface area contributed by atoms with Gasteiger partial charge >= 0.3 is 0 Å². The highest BCUT2D eigenvalue weighted by Crippen LogP contribution is 2.30. The molecule has 7 nitrogen and oxygen atoms in total. The number of hydrogen-bond donors (Lipinski definition) is 2. The Hall–Kier alpha value is -3.61. The fourth-order valence-electron chi connectivity index (χ4n) is 4.07. The molecule has 0 spiro atoms. The molecule has 7 heteroatoms. The number of aromatic nitrogens is 2. The second kappa shape index (κ2) is 10.1. The maximum atomic E-state index is 13.0. The molecule has 2 amide bonds. The van der Waals surface area contributed by atoms with E-state index in [9.17, 15) is 9.59 Å². The topological polar surface area (TPSA) is 87.3 Å². The van der Waals surface area contributed by atoms with E-state index in [1.807, 2.05) is 54.4 Å². The summed E-state index contributed by atoms with van der Waals surface area (Å²) in [6, 6.07) is 16.9. The number of piperidine rings is 1. The molecule has 1 unspecified atom stereocenters. The van der Waals surface area contributed by atoms with Crippen molar-refractivity contribution in [3.05, 3.63) is 72.2 Å². The number of imidazole rings is 1. The summed E-state index contributed by atoms with van der Waals surface area (Å²) in [6.45, 7) is 2.91. The van der Waals surface area contributed by atoms with Gasteiger partial charge in [-0.25, -0.2) is 4.98 Å². The van der Waals surface area contributed by atoms with Crippen molar-refractivity contribution in [2.24, 2.45) is 0 Å². The number of ether oxygens (including phenoxy) is 1. The van der Waals surface area contributed by atoms with Crippen molar-refractivity contribution in [2.45, 2.75) is 32.2 Å². The summed E-state index contributed by atoms with van der Waals surface area (Å²) in [5.41, 5.74) is 2.41. The van der Waals surface area contributed by atoms with Gasteiger partial charge in [-0.1, -0.05) is 42.5 Å². The summed E-state index contributed by atoms with van der Waals surface area (Å²) in [7, 11) is 0. The molecular weight excluding hydrogens is 404 g/mol. The van der Waals surface area contributed by atoms with Gasteiger partial charge in [0.15, 0.2) is 0 Å². The van der Waals surface area contributed by atoms with Crippen LogP contribution in [0.25, 0.3) is 11.3 Å². The first-order valence-corrected chi connectivity index (χ1v) is 11.1. The standard InChI is InChI=1S/C25H28N4O3/c1-2-32-22-14-7-6-12-19(22)25(31)27-17-23(30)29-15-9-8-13-21(29)24-26-16-20(28-24)18-10-4-3-5-11-18/h3-7,10-12,14,16,21H,2,8-9,13,15,17H2,1H3,(H,26,28)(H,27,31). The average molecular weight is 433 g/mol. The number of nitrogens with zero attached hydrogens (tertiary/aromatic N) is 2. The van der Waals surface area contributed by atoms with Gasteiger partial charge in [-0.2, -0.15) is 0 Å². The van der Waals surface area contributed by atoms with Gasteiger partial charge in [-0.3, -0.25) is 9.59 Å². The molecule has 0 aliphatic carbocycles. The Morgan fingerprint density at radius 1 is 1.12 bits per heavy atom. The van der Waals surface area contributed by atoms with Crippen LogP contribution in [0.2, 0.25) is 0 Å². The first kappa shape index (κ1) is 21.6. The van der Waals surface area contributed by atoms with E-state index in [2.05, 4.69) is 15.3 Å². The number of rotatable bonds is 7. The highest BCUT2D eigenvalue weighted by Gasteiger charge is 2.30. The van der Waals surface area contributed by atoms with Crippen LogP contribution in [0.4, 0.5) is 0 Å². The summed E-state index contributed by atoms with van der Waals surface area (Å²) in [6.07, 6.45) is 4.63. The molecule has 4 rings (SSSR count). The Bertz CT molecular complexity index is 1060. The summed E-state index contributed by atoms with van der Waals surface area (Å²) < 4.78 is 5.53. The number of carbonyl (C=O) groups excluding carboxylic acids is 2. The number of carbonyl (C=O) groups is 2. The lowest BCUT2D eigenvalue weighted by Gasteiger charge is -2.34. The van der Waals surface area contributed by atoms with E-state index in [-0.39, 0.29) is 24.4 Å². The largest absolute Gasteiger partial charge is 0.493 e. The summed E-state index contributed by atoms with van der Waals surface area (Å²) in [5, 5.41) is 2.76. The van der Waals surface area contributed by atoms with Crippen LogP contribution in [0.15, 0.2) is 60.8 Å². The number of likely N-dealkylation sites (tertiary alicyclic amines) is 1. The minimum absolute atomic E-state index is 0.0674. The van der Waals surface area contributed by atoms with Crippen LogP contribution < -0.4 is 10.1 Å². The predicted octanol–water partition coefficient (Wildman–Crippen LogP) is 3.96. The van der Waals surface area contributed by atoms with Crippen molar-refractivity contribution in [1.82, 2.24) is 20.2 Å². The van der Waals surface area contributed by atoms with Crippen LogP contribution in [0, 0.1) is 0 Å². The molecule has 32 heavy (non-hydrogen) atoms. The van der Waals surface area contributed by atoms with Gasteiger partial charge < -0.3 is 19.9 Å². The van der Waals surface area contributed by atoms with Gasteiger partial charge in [0.25, 0.3) is 5.91 Å². The highest BCUT2D eigenvalue weighted by molar-refractivity contribution is 5.98. The molecule has 0 radical (unpaired) electrons. The van der Waals surface area contributed by atoms with Crippen molar-refractivity contribution < 1.29 is 14.3 Å². The van der Waals surface area contributed by atoms with Gasteiger partial charge in [0.05, 0.1) is 36.6 Å². The minimum Gasteiger partial charge on any atom is -0.493 e. The first-order valence-electron chi connectivity index (χ1n) is 11.1. The Morgan fingerprint density at radius 2 is 1.91 bits per heavy atom. The smallest absolute Gasteiger partial charge is 0.255 e. The molecule has 0 saturated carbocycles. The molecular formula is C25H28N4O3. The quantitative estimate of drug-likeness (QED) is 0.592. The number of aromatic amines is 1. The fourth-order valence-corrected chi connectivity index (χ4v) is 4.07. The number of H-pyrrole nitrogens is 1. The second-order valence-corrected chi connectivity index (χ2v) is 7.76. The van der Waals surface area contributed by atoms with Crippen LogP contribution in [0.3, 0.4) is 0 Å². The monoisotopic (exact) mass is 432 g/mol. The molecule has 166 valence electrons. The van der Waals surface area contributed by atoms with E-state index in [0.717, 1.165) is 36.3 Å². The first-order chi connectivity index (χ1) is 15.7. The normalized spacial score (nSPS) is 15.9. The summed E-state index contributed by atoms with van der Waals surface area (Å²) in [5.74, 6) is 0.861. The Balaban J connectivity index is 1.43. The number of para-hydroxylation sites is 1. The van der Waals surface area contributed by atoms with Crippen molar-refractivity contribution in [3.63, 3.8) is 0 Å². The van der Waals surface area contributed by atoms with Crippen molar-refractivity contribution in [1.29, 1.82) is 0 Å². The molecule has 0 bridgehead atoms. The SMILES string of the molecule is CCOc1ccccc1C(=O)NCC(=O)N1CCCCC1c1ncc(-c2ccccc2)[nH]1. The Morgan fingerprint density at radius 3 is 2.72 bits per heavy atom. The summed E-state index contributed by atoms with van der Waals surface area (Å²) >= 11 is 0. The van der Waals surface area contributed by atoms with Crippen LogP contribution in [0.1, 0.15) is 48.4 Å². The lowest BCUT2D eigenvalue weighted by molar-refractivity contribution is -0.134. The molecule has 1 fully saturated rings. The fraction of sp³-hybridized carbons (Fsp3) is 0.320. The molecule has 1 aliphatic rings. The molecule has 1 saturated heterocycles. The van der Waals surface area contributed by atoms with Crippen LogP contribution in [0.5, 0.6) is 5.75 Å². The van der Waals surface area contributed by atoms with E-state index in [4.69, 9.17) is 4.74 Å². The maximum absolute atomic E-state index is 13.0. The van der Waals surface area contributed by atoms with E-state index in [1.54, 1.807) is 18.2 Å². The Kier molecular flexibility index (Phi) is 6.84. The van der Waals surface area contributed by atoms with E-state index >= 15 is 0 Å². The molecule has 2 aromatic carbocycles. The second-order valence-electron chi connectivity index (χ2n) is 7.76. The molecule has 2 N–H and O–H groups in total. The van der Waals surface area contributed by atoms with Crippen molar-refractivity contribution in [2.75, 3.05) is 19.7 Å². The number of hydrogen-bond acceptors (Lipinski definition) is 4. The zero-order chi connectivity index (χ0) is 22.3. The molecule has 3 aromatic rings. The van der Waals surface area contributed by atoms with Gasteiger partial charge in [-0.15, -0.1) is 0 Å². The zero-order valence-corrected chi connectivity index (χ0v) is 18.2. The summed E-state index contributed by atoms with van der Waals surface area (Å²) in [4.78, 5) is 35.5. The lowest BCUT2D eigenvalue weighted by Crippen LogP contribution is -2.44. The minimum atomic E-state index is -0.319. The third kappa shape index (κ3) is 4.82. The van der Waals surface area contributed by atoms with Gasteiger partial charge in [0, 0.05) is 6.54 Å². The molecule has 1 aliphatic heterocycles. The van der Waals surface area contributed by atoms with Gasteiger partial charge in [0.1, 0.15) is 11.6 Å². The van der Waals surface area contributed by atoms with Crippen LogP contribution in [-0.2, 0) is 4.79 Å². The van der Waals surface area contributed by atoms with Crippen molar-refractivity contribution >= 4 is 11.8 Å². The third-order valence-corrected chi connectivity index (χ3v) is 5.65. The van der Waals surface area contributed by atoms with Gasteiger partial charge in [0.2, 0.25) is 5.91 Å². The van der Waals surface area contributed by atoms with Crippen molar-refractivity contribution in [3.8, 4) is 17.0 Å². The average Bonchev–Trinajstić information content (AvgIpc) is 3.34. The number of nitrogens with one attached hydrogen (secondary N) is 2. The maximum Gasteiger partial charge on any atom is 0.255 e. The molecule has 1 aromatic heterocycles. The van der Waals surface area contributed by atoms with E-state index in [1.165, 1.54) is 0 Å². The van der Waals surface area contributed by atoms with Crippen LogP contribution in [-0.4, -0.2) is 46.4 Å². The Labute approximate surface area is 187 Å². The number of benzene rings is 2. The zero-order valence-electron chi connectivity index (χ0n) is 18.2.